The van der Waals surface area contributed by atoms with Gasteiger partial charge in [-0.1, -0.05) is 12.1 Å². The Kier molecular flexibility index (Phi) is 5.37. The Bertz CT molecular complexity index is 787. The number of nitrogens with one attached hydrogen (secondary N) is 2. The number of fused-ring (bicyclic) bond motifs is 1. The molecule has 0 spiro atoms. The summed E-state index contributed by atoms with van der Waals surface area (Å²) in [7, 11) is 0. The predicted molar refractivity (Wildman–Crippen MR) is 110 cm³/mol. The zero-order valence-corrected chi connectivity index (χ0v) is 16.6. The van der Waals surface area contributed by atoms with Gasteiger partial charge in [0.1, 0.15) is 17.1 Å². The maximum Gasteiger partial charge on any atom is 0.171 e. The summed E-state index contributed by atoms with van der Waals surface area (Å²) in [5, 5.41) is 7.30. The van der Waals surface area contributed by atoms with Crippen LogP contribution in [-0.4, -0.2) is 17.3 Å². The molecule has 2 aromatic carbocycles. The number of rotatable bonds is 4. The smallest absolute Gasteiger partial charge is 0.171 e. The van der Waals surface area contributed by atoms with Crippen LogP contribution in [0.1, 0.15) is 44.4 Å². The third kappa shape index (κ3) is 4.47. The fourth-order valence-electron chi connectivity index (χ4n) is 3.21. The maximum absolute atomic E-state index is 6.15. The van der Waals surface area contributed by atoms with Crippen molar-refractivity contribution >= 4 is 23.0 Å². The summed E-state index contributed by atoms with van der Waals surface area (Å²) in [6, 6.07) is 14.2. The van der Waals surface area contributed by atoms with Crippen molar-refractivity contribution in [3.8, 4) is 11.5 Å². The summed E-state index contributed by atoms with van der Waals surface area (Å²) in [5.41, 5.74) is 3.02. The van der Waals surface area contributed by atoms with Gasteiger partial charge in [0.05, 0.1) is 12.6 Å². The van der Waals surface area contributed by atoms with Crippen molar-refractivity contribution in [3.05, 3.63) is 53.6 Å². The van der Waals surface area contributed by atoms with Gasteiger partial charge in [-0.05, 0) is 75.8 Å². The van der Waals surface area contributed by atoms with Gasteiger partial charge >= 0.3 is 0 Å². The van der Waals surface area contributed by atoms with Gasteiger partial charge < -0.3 is 20.1 Å². The quantitative estimate of drug-likeness (QED) is 0.743. The van der Waals surface area contributed by atoms with Crippen LogP contribution in [0.15, 0.2) is 42.5 Å². The molecule has 26 heavy (non-hydrogen) atoms. The van der Waals surface area contributed by atoms with Crippen molar-refractivity contribution in [1.82, 2.24) is 5.32 Å². The molecular weight excluding hydrogens is 344 g/mol. The lowest BCUT2D eigenvalue weighted by atomic mass is 9.89. The van der Waals surface area contributed by atoms with Crippen molar-refractivity contribution in [3.63, 3.8) is 0 Å². The Morgan fingerprint density at radius 2 is 1.96 bits per heavy atom. The molecule has 0 saturated carbocycles. The summed E-state index contributed by atoms with van der Waals surface area (Å²) >= 11 is 5.54. The van der Waals surface area contributed by atoms with Crippen LogP contribution in [0.2, 0.25) is 0 Å². The van der Waals surface area contributed by atoms with E-state index < -0.39 is 0 Å². The Hall–Kier alpha value is -2.27. The molecule has 1 heterocycles. The fraction of sp³-hybridized carbons (Fsp3) is 0.381. The largest absolute Gasteiger partial charge is 0.494 e. The zero-order chi connectivity index (χ0) is 18.7. The van der Waals surface area contributed by atoms with Gasteiger partial charge in [-0.3, -0.25) is 0 Å². The first-order valence-electron chi connectivity index (χ1n) is 8.96. The SMILES string of the molecule is CCOc1ccc(NC(=S)N[C@H]2CC(C)(C)Oc3cc(C)ccc32)cc1. The van der Waals surface area contributed by atoms with Crippen molar-refractivity contribution in [2.75, 3.05) is 11.9 Å². The number of hydrogen-bond donors (Lipinski definition) is 2. The van der Waals surface area contributed by atoms with Gasteiger partial charge in [-0.2, -0.15) is 0 Å². The van der Waals surface area contributed by atoms with Gasteiger partial charge in [0, 0.05) is 17.7 Å². The number of thiocarbonyl (C=S) groups is 1. The molecule has 138 valence electrons. The molecule has 0 fully saturated rings. The topological polar surface area (TPSA) is 42.5 Å². The summed E-state index contributed by atoms with van der Waals surface area (Å²) in [6.07, 6.45) is 0.841. The molecule has 0 aliphatic carbocycles. The Morgan fingerprint density at radius 3 is 2.65 bits per heavy atom. The monoisotopic (exact) mass is 370 g/mol. The highest BCUT2D eigenvalue weighted by Crippen LogP contribution is 2.39. The number of benzene rings is 2. The van der Waals surface area contributed by atoms with E-state index in [-0.39, 0.29) is 11.6 Å². The second-order valence-electron chi connectivity index (χ2n) is 7.22. The highest BCUT2D eigenvalue weighted by atomic mass is 32.1. The van der Waals surface area contributed by atoms with Gasteiger partial charge in [0.2, 0.25) is 0 Å². The molecule has 1 aliphatic heterocycles. The molecule has 0 radical (unpaired) electrons. The van der Waals surface area contributed by atoms with E-state index in [0.717, 1.165) is 29.2 Å². The summed E-state index contributed by atoms with van der Waals surface area (Å²) in [5.74, 6) is 1.79. The highest BCUT2D eigenvalue weighted by molar-refractivity contribution is 7.80. The molecule has 4 nitrogen and oxygen atoms in total. The lowest BCUT2D eigenvalue weighted by molar-refractivity contribution is 0.0696. The standard InChI is InChI=1S/C21H26N2O2S/c1-5-24-16-9-7-15(8-10-16)22-20(26)23-18-13-21(3,4)25-19-12-14(2)6-11-17(18)19/h6-12,18H,5,13H2,1-4H3,(H2,22,23,26)/t18-/m0/s1. The van der Waals surface area contributed by atoms with Crippen LogP contribution in [0.4, 0.5) is 5.69 Å². The number of ether oxygens (including phenoxy) is 2. The molecule has 1 aliphatic rings. The molecule has 0 amide bonds. The minimum absolute atomic E-state index is 0.108. The Morgan fingerprint density at radius 1 is 1.23 bits per heavy atom. The Balaban J connectivity index is 1.70. The first kappa shape index (κ1) is 18.5. The van der Waals surface area contributed by atoms with Crippen LogP contribution in [0.3, 0.4) is 0 Å². The third-order valence-electron chi connectivity index (χ3n) is 4.35. The molecule has 3 rings (SSSR count). The Labute approximate surface area is 160 Å². The molecule has 0 unspecified atom stereocenters. The molecule has 0 saturated heterocycles. The summed E-state index contributed by atoms with van der Waals surface area (Å²) < 4.78 is 11.6. The average Bonchev–Trinajstić information content (AvgIpc) is 2.55. The van der Waals surface area contributed by atoms with Crippen molar-refractivity contribution in [1.29, 1.82) is 0 Å². The number of hydrogen-bond acceptors (Lipinski definition) is 3. The normalized spacial score (nSPS) is 17.6. The van der Waals surface area contributed by atoms with Crippen LogP contribution >= 0.6 is 12.2 Å². The van der Waals surface area contributed by atoms with E-state index in [2.05, 4.69) is 49.6 Å². The van der Waals surface area contributed by atoms with Crippen LogP contribution in [-0.2, 0) is 0 Å². The van der Waals surface area contributed by atoms with Gasteiger partial charge in [-0.25, -0.2) is 0 Å². The van der Waals surface area contributed by atoms with E-state index in [1.165, 1.54) is 5.56 Å². The number of aryl methyl sites for hydroxylation is 1. The van der Waals surface area contributed by atoms with E-state index in [9.17, 15) is 0 Å². The van der Waals surface area contributed by atoms with Crippen LogP contribution in [0.5, 0.6) is 11.5 Å². The van der Waals surface area contributed by atoms with Crippen molar-refractivity contribution in [2.24, 2.45) is 0 Å². The molecule has 2 N–H and O–H groups in total. The second kappa shape index (κ2) is 7.54. The third-order valence-corrected chi connectivity index (χ3v) is 4.57. The zero-order valence-electron chi connectivity index (χ0n) is 15.8. The molecule has 5 heteroatoms. The average molecular weight is 371 g/mol. The van der Waals surface area contributed by atoms with E-state index in [1.54, 1.807) is 0 Å². The van der Waals surface area contributed by atoms with Crippen LogP contribution < -0.4 is 20.1 Å². The lowest BCUT2D eigenvalue weighted by Crippen LogP contribution is -2.42. The molecule has 1 atom stereocenters. The first-order chi connectivity index (χ1) is 12.4. The van der Waals surface area contributed by atoms with Crippen LogP contribution in [0, 0.1) is 6.92 Å². The predicted octanol–water partition coefficient (Wildman–Crippen LogP) is 4.98. The first-order valence-corrected chi connectivity index (χ1v) is 9.37. The van der Waals surface area contributed by atoms with E-state index in [1.807, 2.05) is 31.2 Å². The van der Waals surface area contributed by atoms with Gasteiger partial charge in [0.25, 0.3) is 0 Å². The molecule has 0 bridgehead atoms. The molecule has 0 aromatic heterocycles. The van der Waals surface area contributed by atoms with Crippen molar-refractivity contribution in [2.45, 2.75) is 45.8 Å². The van der Waals surface area contributed by atoms with Crippen LogP contribution in [0.25, 0.3) is 0 Å². The molecular formula is C21H26N2O2S. The lowest BCUT2D eigenvalue weighted by Gasteiger charge is -2.38. The number of anilines is 1. The molecule has 2 aromatic rings. The van der Waals surface area contributed by atoms with Gasteiger partial charge in [-0.15, -0.1) is 0 Å². The van der Waals surface area contributed by atoms with Gasteiger partial charge in [0.15, 0.2) is 5.11 Å². The highest BCUT2D eigenvalue weighted by Gasteiger charge is 2.34. The minimum atomic E-state index is -0.243. The minimum Gasteiger partial charge on any atom is -0.494 e. The van der Waals surface area contributed by atoms with E-state index in [4.69, 9.17) is 21.7 Å². The fourth-order valence-corrected chi connectivity index (χ4v) is 3.47. The summed E-state index contributed by atoms with van der Waals surface area (Å²) in [6.45, 7) is 8.92. The summed E-state index contributed by atoms with van der Waals surface area (Å²) in [4.78, 5) is 0. The van der Waals surface area contributed by atoms with Crippen molar-refractivity contribution < 1.29 is 9.47 Å². The maximum atomic E-state index is 6.15. The van der Waals surface area contributed by atoms with E-state index in [0.29, 0.717) is 11.7 Å². The second-order valence-corrected chi connectivity index (χ2v) is 7.62. The van der Waals surface area contributed by atoms with E-state index >= 15 is 0 Å².